The lowest BCUT2D eigenvalue weighted by Gasteiger charge is -2.13. The van der Waals surface area contributed by atoms with Gasteiger partial charge in [-0.1, -0.05) is 30.3 Å². The van der Waals surface area contributed by atoms with Crippen LogP contribution in [-0.2, 0) is 14.3 Å². The molecule has 1 amide bonds. The van der Waals surface area contributed by atoms with Crippen LogP contribution in [0, 0.1) is 0 Å². The molecule has 0 saturated carbocycles. The van der Waals surface area contributed by atoms with E-state index in [1.54, 1.807) is 19.1 Å². The molecule has 178 valence electrons. The predicted octanol–water partition coefficient (Wildman–Crippen LogP) is 3.75. The fourth-order valence-corrected chi connectivity index (χ4v) is 4.11. The first-order valence-electron chi connectivity index (χ1n) is 10.7. The number of aromatic nitrogens is 4. The predicted molar refractivity (Wildman–Crippen MR) is 128 cm³/mol. The number of esters is 2. The van der Waals surface area contributed by atoms with Gasteiger partial charge in [-0.05, 0) is 37.6 Å². The summed E-state index contributed by atoms with van der Waals surface area (Å²) >= 11 is 1.23. The summed E-state index contributed by atoms with van der Waals surface area (Å²) < 4.78 is 11.9. The van der Waals surface area contributed by atoms with Gasteiger partial charge in [-0.15, -0.1) is 11.3 Å². The molecule has 3 heterocycles. The summed E-state index contributed by atoms with van der Waals surface area (Å²) in [6.45, 7) is 3.34. The lowest BCUT2D eigenvalue weighted by Crippen LogP contribution is -2.30. The van der Waals surface area contributed by atoms with Gasteiger partial charge >= 0.3 is 11.9 Å². The van der Waals surface area contributed by atoms with Crippen molar-refractivity contribution in [2.75, 3.05) is 11.9 Å². The van der Waals surface area contributed by atoms with Gasteiger partial charge in [0.05, 0.1) is 17.7 Å². The Labute approximate surface area is 204 Å². The maximum absolute atomic E-state index is 12.8. The van der Waals surface area contributed by atoms with Crippen LogP contribution >= 0.6 is 11.3 Å². The van der Waals surface area contributed by atoms with E-state index in [0.717, 1.165) is 10.4 Å². The maximum Gasteiger partial charge on any atom is 0.341 e. The Morgan fingerprint density at radius 3 is 2.57 bits per heavy atom. The normalized spacial score (nSPS) is 11.5. The van der Waals surface area contributed by atoms with Gasteiger partial charge < -0.3 is 14.8 Å². The molecule has 1 atom stereocenters. The van der Waals surface area contributed by atoms with E-state index in [1.807, 2.05) is 30.3 Å². The molecule has 0 fully saturated rings. The van der Waals surface area contributed by atoms with Crippen molar-refractivity contribution in [2.24, 2.45) is 0 Å². The van der Waals surface area contributed by atoms with E-state index in [1.165, 1.54) is 47.9 Å². The lowest BCUT2D eigenvalue weighted by atomic mass is 10.1. The molecular weight excluding hydrogens is 470 g/mol. The van der Waals surface area contributed by atoms with Gasteiger partial charge in [-0.3, -0.25) is 4.79 Å². The Hall–Kier alpha value is -4.38. The van der Waals surface area contributed by atoms with Crippen molar-refractivity contribution in [3.8, 4) is 16.3 Å². The molecule has 4 rings (SSSR count). The molecule has 0 saturated heterocycles. The highest BCUT2D eigenvalue weighted by molar-refractivity contribution is 7.20. The van der Waals surface area contributed by atoms with Gasteiger partial charge in [0.2, 0.25) is 0 Å². The second-order valence-corrected chi connectivity index (χ2v) is 8.27. The highest BCUT2D eigenvalue weighted by Gasteiger charge is 2.24. The largest absolute Gasteiger partial charge is 0.462 e. The van der Waals surface area contributed by atoms with E-state index in [4.69, 9.17) is 9.47 Å². The maximum atomic E-state index is 12.8. The summed E-state index contributed by atoms with van der Waals surface area (Å²) in [6, 6.07) is 14.2. The standard InChI is InChI=1S/C24H21N5O5S/c1-3-33-24(32)18-11-19(16-7-5-4-6-8-16)35-22(18)28-21(30)15(2)34-23(31)17-9-10-20(26-12-17)29-14-25-13-27-29/h4-15H,3H2,1-2H3,(H,28,30). The minimum atomic E-state index is -1.13. The lowest BCUT2D eigenvalue weighted by molar-refractivity contribution is -0.123. The number of thiophene rings is 1. The number of carbonyl (C=O) groups excluding carboxylic acids is 3. The average molecular weight is 492 g/mol. The van der Waals surface area contributed by atoms with Crippen LogP contribution in [0.15, 0.2) is 67.4 Å². The van der Waals surface area contributed by atoms with Gasteiger partial charge in [0, 0.05) is 11.1 Å². The molecule has 0 radical (unpaired) electrons. The summed E-state index contributed by atoms with van der Waals surface area (Å²) in [5.74, 6) is -1.38. The van der Waals surface area contributed by atoms with Gasteiger partial charge in [0.15, 0.2) is 11.9 Å². The second kappa shape index (κ2) is 10.7. The molecule has 1 N–H and O–H groups in total. The Morgan fingerprint density at radius 2 is 1.91 bits per heavy atom. The SMILES string of the molecule is CCOC(=O)c1cc(-c2ccccc2)sc1NC(=O)C(C)OC(=O)c1ccc(-n2cncn2)nc1. The van der Waals surface area contributed by atoms with Gasteiger partial charge in [-0.2, -0.15) is 5.10 Å². The van der Waals surface area contributed by atoms with Crippen LogP contribution < -0.4 is 5.32 Å². The molecule has 4 aromatic rings. The Balaban J connectivity index is 1.46. The quantitative estimate of drug-likeness (QED) is 0.370. The number of ether oxygens (including phenoxy) is 2. The molecule has 35 heavy (non-hydrogen) atoms. The molecule has 1 aromatic carbocycles. The first kappa shape index (κ1) is 23.8. The fourth-order valence-electron chi connectivity index (χ4n) is 3.05. The molecule has 0 aliphatic carbocycles. The molecule has 10 nitrogen and oxygen atoms in total. The molecule has 0 spiro atoms. The van der Waals surface area contributed by atoms with E-state index in [9.17, 15) is 14.4 Å². The summed E-state index contributed by atoms with van der Waals surface area (Å²) in [7, 11) is 0. The Kier molecular flexibility index (Phi) is 7.27. The smallest absolute Gasteiger partial charge is 0.341 e. The van der Waals surface area contributed by atoms with Crippen molar-refractivity contribution >= 4 is 34.2 Å². The summed E-state index contributed by atoms with van der Waals surface area (Å²) in [5, 5.41) is 6.97. The number of anilines is 1. The highest BCUT2D eigenvalue weighted by Crippen LogP contribution is 2.36. The Morgan fingerprint density at radius 1 is 1.11 bits per heavy atom. The Bertz CT molecular complexity index is 1320. The molecule has 0 aliphatic rings. The number of amides is 1. The van der Waals surface area contributed by atoms with Crippen molar-refractivity contribution in [2.45, 2.75) is 20.0 Å². The van der Waals surface area contributed by atoms with E-state index in [2.05, 4.69) is 20.4 Å². The molecular formula is C24H21N5O5S. The third kappa shape index (κ3) is 5.58. The van der Waals surface area contributed by atoms with Crippen molar-refractivity contribution in [3.05, 3.63) is 78.5 Å². The van der Waals surface area contributed by atoms with E-state index in [0.29, 0.717) is 10.8 Å². The minimum Gasteiger partial charge on any atom is -0.462 e. The topological polar surface area (TPSA) is 125 Å². The zero-order valence-corrected chi connectivity index (χ0v) is 19.7. The number of nitrogens with zero attached hydrogens (tertiary/aromatic N) is 4. The van der Waals surface area contributed by atoms with Gasteiger partial charge in [0.25, 0.3) is 5.91 Å². The second-order valence-electron chi connectivity index (χ2n) is 7.22. The molecule has 11 heteroatoms. The first-order valence-corrected chi connectivity index (χ1v) is 11.5. The summed E-state index contributed by atoms with van der Waals surface area (Å²) in [5.41, 5.74) is 1.29. The van der Waals surface area contributed by atoms with Gasteiger partial charge in [0.1, 0.15) is 17.7 Å². The average Bonchev–Trinajstić information content (AvgIpc) is 3.55. The van der Waals surface area contributed by atoms with Gasteiger partial charge in [-0.25, -0.2) is 24.2 Å². The van der Waals surface area contributed by atoms with Crippen LogP contribution in [0.25, 0.3) is 16.3 Å². The van der Waals surface area contributed by atoms with Crippen LogP contribution in [0.2, 0.25) is 0 Å². The number of rotatable bonds is 8. The summed E-state index contributed by atoms with van der Waals surface area (Å²) in [4.78, 5) is 46.6. The number of hydrogen-bond donors (Lipinski definition) is 1. The zero-order chi connectivity index (χ0) is 24.8. The van der Waals surface area contributed by atoms with E-state index >= 15 is 0 Å². The highest BCUT2D eigenvalue weighted by atomic mass is 32.1. The molecule has 0 bridgehead atoms. The van der Waals surface area contributed by atoms with Crippen LogP contribution in [0.5, 0.6) is 0 Å². The third-order valence-electron chi connectivity index (χ3n) is 4.81. The summed E-state index contributed by atoms with van der Waals surface area (Å²) in [6.07, 6.45) is 3.04. The van der Waals surface area contributed by atoms with Crippen LogP contribution in [0.3, 0.4) is 0 Å². The number of nitrogens with one attached hydrogen (secondary N) is 1. The minimum absolute atomic E-state index is 0.170. The van der Waals surface area contributed by atoms with Crippen LogP contribution in [-0.4, -0.2) is 50.3 Å². The monoisotopic (exact) mass is 491 g/mol. The van der Waals surface area contributed by atoms with E-state index < -0.39 is 23.9 Å². The number of benzene rings is 1. The fraction of sp³-hybridized carbons (Fsp3) is 0.167. The van der Waals surface area contributed by atoms with Crippen LogP contribution in [0.1, 0.15) is 34.6 Å². The van der Waals surface area contributed by atoms with E-state index in [-0.39, 0.29) is 17.7 Å². The first-order chi connectivity index (χ1) is 17.0. The molecule has 1 unspecified atom stereocenters. The van der Waals surface area contributed by atoms with Crippen molar-refractivity contribution in [1.82, 2.24) is 19.7 Å². The molecule has 3 aromatic heterocycles. The number of pyridine rings is 1. The van der Waals surface area contributed by atoms with Crippen molar-refractivity contribution in [1.29, 1.82) is 0 Å². The number of carbonyl (C=O) groups is 3. The zero-order valence-electron chi connectivity index (χ0n) is 18.9. The van der Waals surface area contributed by atoms with Crippen LogP contribution in [0.4, 0.5) is 5.00 Å². The number of hydrogen-bond acceptors (Lipinski definition) is 9. The molecule has 0 aliphatic heterocycles. The van der Waals surface area contributed by atoms with Crippen molar-refractivity contribution in [3.63, 3.8) is 0 Å². The van der Waals surface area contributed by atoms with Crippen molar-refractivity contribution < 1.29 is 23.9 Å². The third-order valence-corrected chi connectivity index (χ3v) is 5.91.